The molecule has 0 heterocycles. The van der Waals surface area contributed by atoms with E-state index < -0.39 is 0 Å². The average molecular weight is 359 g/mol. The molecule has 1 fully saturated rings. The first-order chi connectivity index (χ1) is 9.30. The summed E-state index contributed by atoms with van der Waals surface area (Å²) in [6, 6.07) is 3.79. The molecule has 0 aromatic heterocycles. The van der Waals surface area contributed by atoms with Crippen molar-refractivity contribution in [2.75, 3.05) is 5.32 Å². The molecule has 1 unspecified atom stereocenters. The number of thiocarbonyl (C=S) groups is 1. The standard InChI is InChI=1S/C15H20BrFN2S/c1-15(2)7-3-4-9(8-15)19-11-6-5-10(14(18)20)12(16)13(11)17/h5-6,9,19H,3-4,7-8H2,1-2H3,(H2,18,20). The van der Waals surface area contributed by atoms with Crippen LogP contribution >= 0.6 is 28.1 Å². The molecular weight excluding hydrogens is 339 g/mol. The van der Waals surface area contributed by atoms with Crippen molar-refractivity contribution in [3.63, 3.8) is 0 Å². The maximum absolute atomic E-state index is 14.3. The summed E-state index contributed by atoms with van der Waals surface area (Å²) in [6.45, 7) is 4.53. The molecule has 1 atom stereocenters. The van der Waals surface area contributed by atoms with E-state index in [1.807, 2.05) is 0 Å². The fourth-order valence-electron chi connectivity index (χ4n) is 2.89. The summed E-state index contributed by atoms with van der Waals surface area (Å²) in [5.74, 6) is -0.321. The Kier molecular flexibility index (Phi) is 4.69. The highest BCUT2D eigenvalue weighted by Crippen LogP contribution is 2.37. The Hall–Kier alpha value is -0.680. The van der Waals surface area contributed by atoms with Crippen LogP contribution in [0.1, 0.15) is 45.1 Å². The molecule has 0 saturated heterocycles. The molecule has 2 nitrogen and oxygen atoms in total. The van der Waals surface area contributed by atoms with Gasteiger partial charge in [-0.2, -0.15) is 0 Å². The van der Waals surface area contributed by atoms with Crippen molar-refractivity contribution in [1.82, 2.24) is 0 Å². The average Bonchev–Trinajstić information content (AvgIpc) is 2.33. The van der Waals surface area contributed by atoms with Gasteiger partial charge < -0.3 is 11.1 Å². The van der Waals surface area contributed by atoms with Gasteiger partial charge in [0.2, 0.25) is 0 Å². The number of hydrogen-bond acceptors (Lipinski definition) is 2. The molecule has 110 valence electrons. The fourth-order valence-corrected chi connectivity index (χ4v) is 3.75. The van der Waals surface area contributed by atoms with Crippen LogP contribution in [0.2, 0.25) is 0 Å². The molecule has 0 spiro atoms. The van der Waals surface area contributed by atoms with E-state index in [4.69, 9.17) is 18.0 Å². The Bertz CT molecular complexity index is 531. The highest BCUT2D eigenvalue weighted by molar-refractivity contribution is 9.10. The van der Waals surface area contributed by atoms with Gasteiger partial charge in [-0.05, 0) is 52.7 Å². The second-order valence-corrected chi connectivity index (χ2v) is 7.49. The van der Waals surface area contributed by atoms with E-state index in [-0.39, 0.29) is 10.8 Å². The Morgan fingerprint density at radius 2 is 2.20 bits per heavy atom. The molecule has 0 amide bonds. The maximum Gasteiger partial charge on any atom is 0.161 e. The summed E-state index contributed by atoms with van der Waals surface area (Å²) in [6.07, 6.45) is 4.55. The van der Waals surface area contributed by atoms with Crippen molar-refractivity contribution < 1.29 is 4.39 Å². The van der Waals surface area contributed by atoms with Crippen molar-refractivity contribution in [3.05, 3.63) is 28.0 Å². The first-order valence-corrected chi connectivity index (χ1v) is 8.04. The summed E-state index contributed by atoms with van der Waals surface area (Å²) in [5.41, 5.74) is 6.94. The Morgan fingerprint density at radius 3 is 2.80 bits per heavy atom. The van der Waals surface area contributed by atoms with Crippen molar-refractivity contribution in [3.8, 4) is 0 Å². The van der Waals surface area contributed by atoms with Gasteiger partial charge >= 0.3 is 0 Å². The van der Waals surface area contributed by atoms with Crippen molar-refractivity contribution >= 4 is 38.8 Å². The molecule has 0 bridgehead atoms. The van der Waals surface area contributed by atoms with Crippen molar-refractivity contribution in [2.45, 2.75) is 45.6 Å². The van der Waals surface area contributed by atoms with Crippen LogP contribution in [-0.4, -0.2) is 11.0 Å². The minimum atomic E-state index is -0.321. The van der Waals surface area contributed by atoms with Crippen LogP contribution in [0, 0.1) is 11.2 Å². The molecule has 1 aliphatic carbocycles. The molecule has 5 heteroatoms. The van der Waals surface area contributed by atoms with E-state index in [1.54, 1.807) is 12.1 Å². The van der Waals surface area contributed by atoms with Gasteiger partial charge in [0.25, 0.3) is 0 Å². The lowest BCUT2D eigenvalue weighted by Crippen LogP contribution is -2.32. The lowest BCUT2D eigenvalue weighted by atomic mass is 9.75. The first kappa shape index (κ1) is 15.7. The first-order valence-electron chi connectivity index (χ1n) is 6.84. The summed E-state index contributed by atoms with van der Waals surface area (Å²) < 4.78 is 14.7. The molecule has 20 heavy (non-hydrogen) atoms. The van der Waals surface area contributed by atoms with Crippen LogP contribution in [0.4, 0.5) is 10.1 Å². The van der Waals surface area contributed by atoms with Crippen LogP contribution in [0.5, 0.6) is 0 Å². The van der Waals surface area contributed by atoms with Gasteiger partial charge in [-0.3, -0.25) is 0 Å². The minimum absolute atomic E-state index is 0.195. The van der Waals surface area contributed by atoms with Gasteiger partial charge in [0.1, 0.15) is 4.99 Å². The highest BCUT2D eigenvalue weighted by atomic mass is 79.9. The zero-order valence-electron chi connectivity index (χ0n) is 11.8. The minimum Gasteiger partial charge on any atom is -0.389 e. The van der Waals surface area contributed by atoms with Crippen LogP contribution in [0.25, 0.3) is 0 Å². The van der Waals surface area contributed by atoms with Gasteiger partial charge in [-0.25, -0.2) is 4.39 Å². The van der Waals surface area contributed by atoms with Gasteiger partial charge in [-0.1, -0.05) is 32.5 Å². The Morgan fingerprint density at radius 1 is 1.50 bits per heavy atom. The molecule has 1 aliphatic rings. The normalized spacial score (nSPS) is 21.5. The summed E-state index contributed by atoms with van der Waals surface area (Å²) in [5, 5.41) is 3.32. The third-order valence-corrected chi connectivity index (χ3v) is 4.91. The van der Waals surface area contributed by atoms with Crippen LogP contribution in [0.15, 0.2) is 16.6 Å². The fraction of sp³-hybridized carbons (Fsp3) is 0.533. The van der Waals surface area contributed by atoms with Crippen LogP contribution in [0.3, 0.4) is 0 Å². The molecule has 1 saturated carbocycles. The van der Waals surface area contributed by atoms with E-state index in [0.29, 0.717) is 27.2 Å². The SMILES string of the molecule is CC1(C)CCCC(Nc2ccc(C(N)=S)c(Br)c2F)C1. The summed E-state index contributed by atoms with van der Waals surface area (Å²) in [4.78, 5) is 0.195. The number of benzene rings is 1. The third-order valence-electron chi connectivity index (χ3n) is 3.91. The quantitative estimate of drug-likeness (QED) is 0.775. The Labute approximate surface area is 133 Å². The number of rotatable bonds is 3. The van der Waals surface area contributed by atoms with E-state index in [9.17, 15) is 4.39 Å². The zero-order chi connectivity index (χ0) is 14.9. The van der Waals surface area contributed by atoms with Gasteiger partial charge in [0.05, 0.1) is 10.2 Å². The highest BCUT2D eigenvalue weighted by Gasteiger charge is 2.28. The molecular formula is C15H20BrFN2S. The lowest BCUT2D eigenvalue weighted by Gasteiger charge is -2.36. The van der Waals surface area contributed by atoms with E-state index >= 15 is 0 Å². The zero-order valence-corrected chi connectivity index (χ0v) is 14.2. The van der Waals surface area contributed by atoms with E-state index in [1.165, 1.54) is 12.8 Å². The second kappa shape index (κ2) is 5.98. The predicted molar refractivity (Wildman–Crippen MR) is 89.6 cm³/mol. The van der Waals surface area contributed by atoms with Gasteiger partial charge in [-0.15, -0.1) is 0 Å². The smallest absolute Gasteiger partial charge is 0.161 e. The molecule has 0 radical (unpaired) electrons. The monoisotopic (exact) mass is 358 g/mol. The van der Waals surface area contributed by atoms with Gasteiger partial charge in [0.15, 0.2) is 5.82 Å². The second-order valence-electron chi connectivity index (χ2n) is 6.25. The largest absolute Gasteiger partial charge is 0.389 e. The number of nitrogens with one attached hydrogen (secondary N) is 1. The van der Waals surface area contributed by atoms with Crippen LogP contribution in [-0.2, 0) is 0 Å². The van der Waals surface area contributed by atoms with Gasteiger partial charge in [0, 0.05) is 11.6 Å². The molecule has 2 rings (SSSR count). The predicted octanol–water partition coefficient (Wildman–Crippen LogP) is 4.60. The van der Waals surface area contributed by atoms with Crippen molar-refractivity contribution in [1.29, 1.82) is 0 Å². The van der Waals surface area contributed by atoms with Crippen LogP contribution < -0.4 is 11.1 Å². The third kappa shape index (κ3) is 3.50. The summed E-state index contributed by atoms with van der Waals surface area (Å²) >= 11 is 8.14. The molecule has 1 aromatic carbocycles. The number of nitrogens with two attached hydrogens (primary N) is 1. The molecule has 3 N–H and O–H groups in total. The topological polar surface area (TPSA) is 38.0 Å². The number of halogens is 2. The summed E-state index contributed by atoms with van der Waals surface area (Å²) in [7, 11) is 0. The molecule has 1 aromatic rings. The van der Waals surface area contributed by atoms with E-state index in [0.717, 1.165) is 12.8 Å². The lowest BCUT2D eigenvalue weighted by molar-refractivity contribution is 0.229. The maximum atomic E-state index is 14.3. The molecule has 0 aliphatic heterocycles. The number of hydrogen-bond donors (Lipinski definition) is 2. The Balaban J connectivity index is 2.18. The van der Waals surface area contributed by atoms with E-state index in [2.05, 4.69) is 35.1 Å². The van der Waals surface area contributed by atoms with Crippen molar-refractivity contribution in [2.24, 2.45) is 11.1 Å². The number of anilines is 1.